The molecule has 0 spiro atoms. The number of nitrogens with zero attached hydrogens (tertiary/aromatic N) is 2. The lowest BCUT2D eigenvalue weighted by Crippen LogP contribution is -1.75. The van der Waals surface area contributed by atoms with Crippen molar-refractivity contribution < 1.29 is 0 Å². The predicted molar refractivity (Wildman–Crippen MR) is 87.7 cm³/mol. The summed E-state index contributed by atoms with van der Waals surface area (Å²) in [5.41, 5.74) is 3.22. The summed E-state index contributed by atoms with van der Waals surface area (Å²) in [6.45, 7) is 0. The topological polar surface area (TPSA) is 41.0 Å². The van der Waals surface area contributed by atoms with E-state index in [4.69, 9.17) is 0 Å². The van der Waals surface area contributed by atoms with Crippen LogP contribution in [0.15, 0.2) is 77.8 Å². The number of H-pyrrole nitrogens is 1. The summed E-state index contributed by atoms with van der Waals surface area (Å²) in [4.78, 5) is 4.31. The molecule has 1 heterocycles. The number of hydrogen-bond acceptors (Lipinski definition) is 2. The van der Waals surface area contributed by atoms with Crippen molar-refractivity contribution in [1.82, 2.24) is 10.2 Å². The average Bonchev–Trinajstić information content (AvgIpc) is 3.02. The van der Waals surface area contributed by atoms with Gasteiger partial charge in [0.15, 0.2) is 5.82 Å². The van der Waals surface area contributed by atoms with Crippen molar-refractivity contribution in [2.75, 3.05) is 0 Å². The van der Waals surface area contributed by atoms with Gasteiger partial charge >= 0.3 is 0 Å². The largest absolute Gasteiger partial charge is 0.276 e. The van der Waals surface area contributed by atoms with E-state index in [1.807, 2.05) is 78.9 Å². The number of rotatable bonds is 4. The lowest BCUT2D eigenvalue weighted by Gasteiger charge is -1.93. The predicted octanol–water partition coefficient (Wildman–Crippen LogP) is 4.49. The van der Waals surface area contributed by atoms with Crippen LogP contribution < -0.4 is 0 Å². The molecule has 0 fully saturated rings. The van der Waals surface area contributed by atoms with Gasteiger partial charge in [0, 0.05) is 12.3 Å². The molecule has 0 amide bonds. The zero-order chi connectivity index (χ0) is 14.3. The minimum Gasteiger partial charge on any atom is -0.276 e. The number of aromatic nitrogens is 2. The maximum Gasteiger partial charge on any atom is 0.174 e. The standard InChI is InChI=1S/C18H15N3/c1-3-8-15(9-4-1)10-7-13-19-18-14-17(20-21-18)16-11-5-2-6-12-16/h1-14H,(H,20,21)/b10-7+,19-13?. The summed E-state index contributed by atoms with van der Waals surface area (Å²) in [7, 11) is 0. The molecule has 3 nitrogen and oxygen atoms in total. The first kappa shape index (κ1) is 13.1. The van der Waals surface area contributed by atoms with Crippen molar-refractivity contribution in [2.45, 2.75) is 0 Å². The highest BCUT2D eigenvalue weighted by molar-refractivity contribution is 5.80. The molecule has 0 saturated heterocycles. The third-order valence-corrected chi connectivity index (χ3v) is 3.03. The van der Waals surface area contributed by atoms with Crippen molar-refractivity contribution in [2.24, 2.45) is 4.99 Å². The van der Waals surface area contributed by atoms with E-state index in [9.17, 15) is 0 Å². The molecule has 0 atom stereocenters. The van der Waals surface area contributed by atoms with Crippen LogP contribution in [0, 0.1) is 0 Å². The van der Waals surface area contributed by atoms with Crippen LogP contribution in [0.1, 0.15) is 5.56 Å². The Balaban J connectivity index is 1.67. The van der Waals surface area contributed by atoms with E-state index in [1.54, 1.807) is 6.21 Å². The van der Waals surface area contributed by atoms with Crippen molar-refractivity contribution in [1.29, 1.82) is 0 Å². The number of benzene rings is 2. The normalized spacial score (nSPS) is 11.4. The minimum absolute atomic E-state index is 0.673. The molecule has 1 N–H and O–H groups in total. The van der Waals surface area contributed by atoms with E-state index < -0.39 is 0 Å². The minimum atomic E-state index is 0.673. The van der Waals surface area contributed by atoms with Crippen LogP contribution in [0.2, 0.25) is 0 Å². The molecule has 3 rings (SSSR count). The third-order valence-electron chi connectivity index (χ3n) is 3.03. The van der Waals surface area contributed by atoms with Crippen LogP contribution in [-0.4, -0.2) is 16.4 Å². The van der Waals surface area contributed by atoms with E-state index in [0.29, 0.717) is 5.82 Å². The van der Waals surface area contributed by atoms with E-state index in [2.05, 4.69) is 15.2 Å². The highest BCUT2D eigenvalue weighted by atomic mass is 15.2. The number of allylic oxidation sites excluding steroid dienone is 1. The number of aliphatic imine (C=N–C) groups is 1. The third kappa shape index (κ3) is 3.54. The molecule has 0 bridgehead atoms. The maximum absolute atomic E-state index is 4.31. The first-order valence-corrected chi connectivity index (χ1v) is 6.78. The first-order chi connectivity index (χ1) is 10.4. The molecule has 0 radical (unpaired) electrons. The maximum atomic E-state index is 4.31. The quantitative estimate of drug-likeness (QED) is 0.699. The molecule has 0 saturated carbocycles. The highest BCUT2D eigenvalue weighted by Gasteiger charge is 2.00. The van der Waals surface area contributed by atoms with Gasteiger partial charge in [0.25, 0.3) is 0 Å². The molecule has 102 valence electrons. The van der Waals surface area contributed by atoms with Gasteiger partial charge in [-0.2, -0.15) is 5.10 Å². The molecule has 3 aromatic rings. The van der Waals surface area contributed by atoms with E-state index in [-0.39, 0.29) is 0 Å². The van der Waals surface area contributed by atoms with Gasteiger partial charge in [-0.3, -0.25) is 5.10 Å². The van der Waals surface area contributed by atoms with Gasteiger partial charge < -0.3 is 0 Å². The SMILES string of the molecule is C(/C=C/c1ccccc1)=Nc1cc(-c2ccccc2)[nH]n1. The van der Waals surface area contributed by atoms with Crippen LogP contribution in [0.3, 0.4) is 0 Å². The molecule has 2 aromatic carbocycles. The first-order valence-electron chi connectivity index (χ1n) is 6.78. The number of hydrogen-bond donors (Lipinski definition) is 1. The number of nitrogens with one attached hydrogen (secondary N) is 1. The monoisotopic (exact) mass is 273 g/mol. The fourth-order valence-corrected chi connectivity index (χ4v) is 1.98. The van der Waals surface area contributed by atoms with Crippen LogP contribution in [0.25, 0.3) is 17.3 Å². The Morgan fingerprint density at radius 1 is 0.905 bits per heavy atom. The summed E-state index contributed by atoms with van der Waals surface area (Å²) in [6, 6.07) is 22.1. The summed E-state index contributed by atoms with van der Waals surface area (Å²) in [5.74, 6) is 0.673. The average molecular weight is 273 g/mol. The molecule has 0 aliphatic carbocycles. The van der Waals surface area contributed by atoms with Crippen molar-refractivity contribution in [3.63, 3.8) is 0 Å². The van der Waals surface area contributed by atoms with Crippen LogP contribution >= 0.6 is 0 Å². The second kappa shape index (κ2) is 6.48. The lowest BCUT2D eigenvalue weighted by atomic mass is 10.2. The summed E-state index contributed by atoms with van der Waals surface area (Å²) in [5, 5.41) is 7.17. The Bertz CT molecular complexity index is 740. The van der Waals surface area contributed by atoms with Gasteiger partial charge in [-0.1, -0.05) is 66.7 Å². The molecular weight excluding hydrogens is 258 g/mol. The molecule has 0 aliphatic heterocycles. The Morgan fingerprint density at radius 2 is 1.62 bits per heavy atom. The Labute approximate surface area is 123 Å². The molecule has 0 unspecified atom stereocenters. The van der Waals surface area contributed by atoms with E-state index in [0.717, 1.165) is 16.8 Å². The van der Waals surface area contributed by atoms with Crippen LogP contribution in [-0.2, 0) is 0 Å². The summed E-state index contributed by atoms with van der Waals surface area (Å²) < 4.78 is 0. The molecule has 21 heavy (non-hydrogen) atoms. The molecule has 3 heteroatoms. The lowest BCUT2D eigenvalue weighted by molar-refractivity contribution is 1.09. The molecular formula is C18H15N3. The fraction of sp³-hybridized carbons (Fsp3) is 0. The fourth-order valence-electron chi connectivity index (χ4n) is 1.98. The summed E-state index contributed by atoms with van der Waals surface area (Å²) >= 11 is 0. The van der Waals surface area contributed by atoms with Gasteiger partial charge in [0.1, 0.15) is 0 Å². The van der Waals surface area contributed by atoms with Gasteiger partial charge in [-0.25, -0.2) is 4.99 Å². The van der Waals surface area contributed by atoms with Gasteiger partial charge in [-0.15, -0.1) is 0 Å². The zero-order valence-electron chi connectivity index (χ0n) is 11.5. The van der Waals surface area contributed by atoms with Crippen molar-refractivity contribution >= 4 is 18.1 Å². The second-order valence-corrected chi connectivity index (χ2v) is 4.55. The van der Waals surface area contributed by atoms with Crippen LogP contribution in [0.4, 0.5) is 5.82 Å². The number of aromatic amines is 1. The molecule has 0 aliphatic rings. The molecule has 1 aromatic heterocycles. The summed E-state index contributed by atoms with van der Waals surface area (Å²) in [6.07, 6.45) is 5.67. The van der Waals surface area contributed by atoms with Crippen molar-refractivity contribution in [3.8, 4) is 11.3 Å². The highest BCUT2D eigenvalue weighted by Crippen LogP contribution is 2.20. The Morgan fingerprint density at radius 3 is 2.38 bits per heavy atom. The van der Waals surface area contributed by atoms with Gasteiger partial charge in [0.2, 0.25) is 0 Å². The second-order valence-electron chi connectivity index (χ2n) is 4.55. The Kier molecular flexibility index (Phi) is 4.03. The van der Waals surface area contributed by atoms with Gasteiger partial charge in [0.05, 0.1) is 5.69 Å². The smallest absolute Gasteiger partial charge is 0.174 e. The van der Waals surface area contributed by atoms with Gasteiger partial charge in [-0.05, 0) is 17.2 Å². The van der Waals surface area contributed by atoms with Crippen LogP contribution in [0.5, 0.6) is 0 Å². The van der Waals surface area contributed by atoms with Crippen molar-refractivity contribution in [3.05, 3.63) is 78.4 Å². The van der Waals surface area contributed by atoms with E-state index in [1.165, 1.54) is 0 Å². The zero-order valence-corrected chi connectivity index (χ0v) is 11.5. The Hall–Kier alpha value is -2.94. The van der Waals surface area contributed by atoms with E-state index >= 15 is 0 Å².